The molecule has 7 heteroatoms. The van der Waals surface area contributed by atoms with Gasteiger partial charge in [-0.2, -0.15) is 0 Å². The first-order valence-corrected chi connectivity index (χ1v) is 5.78. The fourth-order valence-electron chi connectivity index (χ4n) is 2.17. The van der Waals surface area contributed by atoms with Gasteiger partial charge < -0.3 is 17.8 Å². The Kier molecular flexibility index (Phi) is 7.95. The Hall–Kier alpha value is 0.961. The first kappa shape index (κ1) is 18.0. The number of halogens is 3. The van der Waals surface area contributed by atoms with E-state index in [0.717, 1.165) is 11.3 Å². The van der Waals surface area contributed by atoms with E-state index in [0.29, 0.717) is 18.3 Å². The van der Waals surface area contributed by atoms with Crippen LogP contribution in [0.15, 0.2) is 0 Å². The van der Waals surface area contributed by atoms with Crippen molar-refractivity contribution in [3.8, 4) is 0 Å². The van der Waals surface area contributed by atoms with E-state index in [1.165, 1.54) is 0 Å². The monoisotopic (exact) mass is 275 g/mol. The molecule has 2 nitrogen and oxygen atoms in total. The molecule has 0 aromatic heterocycles. The number of rotatable bonds is 3. The molecule has 1 amide bonds. The van der Waals surface area contributed by atoms with Gasteiger partial charge in [0.2, 0.25) is 5.91 Å². The minimum absolute atomic E-state index is 0. The van der Waals surface area contributed by atoms with Crippen LogP contribution in [0.1, 0.15) is 33.1 Å². The van der Waals surface area contributed by atoms with Gasteiger partial charge in [0.15, 0.2) is 0 Å². The molecule has 1 aliphatic rings. The van der Waals surface area contributed by atoms with Crippen molar-refractivity contribution in [2.24, 2.45) is 11.8 Å². The van der Waals surface area contributed by atoms with Crippen molar-refractivity contribution in [1.82, 2.24) is 4.90 Å². The number of carbonyl (C=O) groups excluding carboxylic acids is 1. The standard InChI is InChI=1S/C10H18BF3NO.K/c1-8(2)9-3-4-10(16)15(6-5-9)7-11(12,13)14;/h8-9H,3-7H2,1-2H3;/q-1;+1. The molecule has 0 spiro atoms. The van der Waals surface area contributed by atoms with Crippen LogP contribution in [0.25, 0.3) is 0 Å². The number of carbonyl (C=O) groups is 1. The second kappa shape index (κ2) is 7.53. The molecule has 0 saturated carbocycles. The molecule has 17 heavy (non-hydrogen) atoms. The van der Waals surface area contributed by atoms with Gasteiger partial charge in [-0.25, -0.2) is 0 Å². The third-order valence-electron chi connectivity index (χ3n) is 3.22. The minimum Gasteiger partial charge on any atom is -0.448 e. The van der Waals surface area contributed by atoms with Crippen LogP contribution in [0.3, 0.4) is 0 Å². The summed E-state index contributed by atoms with van der Waals surface area (Å²) < 4.78 is 36.8. The average Bonchev–Trinajstić information content (AvgIpc) is 2.27. The smallest absolute Gasteiger partial charge is 0.448 e. The van der Waals surface area contributed by atoms with Crippen molar-refractivity contribution in [2.45, 2.75) is 33.1 Å². The van der Waals surface area contributed by atoms with Crippen LogP contribution < -0.4 is 51.4 Å². The molecule has 1 fully saturated rings. The van der Waals surface area contributed by atoms with E-state index in [2.05, 4.69) is 13.8 Å². The molecule has 94 valence electrons. The summed E-state index contributed by atoms with van der Waals surface area (Å²) >= 11 is 0. The fraction of sp³-hybridized carbons (Fsp3) is 0.900. The quantitative estimate of drug-likeness (QED) is 0.645. The van der Waals surface area contributed by atoms with Crippen LogP contribution in [-0.4, -0.2) is 30.8 Å². The zero-order valence-electron chi connectivity index (χ0n) is 10.8. The second-order valence-corrected chi connectivity index (χ2v) is 4.88. The van der Waals surface area contributed by atoms with E-state index in [9.17, 15) is 17.7 Å². The van der Waals surface area contributed by atoms with Crippen LogP contribution in [0.4, 0.5) is 12.9 Å². The van der Waals surface area contributed by atoms with Gasteiger partial charge in [-0.1, -0.05) is 13.8 Å². The van der Waals surface area contributed by atoms with Crippen LogP contribution >= 0.6 is 0 Å². The van der Waals surface area contributed by atoms with Gasteiger partial charge >= 0.3 is 58.4 Å². The van der Waals surface area contributed by atoms with Gasteiger partial charge in [-0.05, 0) is 31.1 Å². The summed E-state index contributed by atoms with van der Waals surface area (Å²) in [6.45, 7) is -0.539. The van der Waals surface area contributed by atoms with Crippen LogP contribution in [0.2, 0.25) is 0 Å². The molecule has 1 aliphatic heterocycles. The molecule has 0 N–H and O–H groups in total. The molecular weight excluding hydrogens is 257 g/mol. The molecule has 1 saturated heterocycles. The fourth-order valence-corrected chi connectivity index (χ4v) is 2.17. The molecule has 1 rings (SSSR count). The number of hydrogen-bond acceptors (Lipinski definition) is 1. The third-order valence-corrected chi connectivity index (χ3v) is 3.22. The summed E-state index contributed by atoms with van der Waals surface area (Å²) in [4.78, 5) is 12.5. The molecule has 0 aliphatic carbocycles. The number of likely N-dealkylation sites (tertiary alicyclic amines) is 1. The zero-order chi connectivity index (χ0) is 12.3. The zero-order valence-corrected chi connectivity index (χ0v) is 13.9. The first-order valence-electron chi connectivity index (χ1n) is 5.78. The number of nitrogens with zero attached hydrogens (tertiary/aromatic N) is 1. The number of amides is 1. The summed E-state index contributed by atoms with van der Waals surface area (Å²) in [6, 6.07) is 0. The van der Waals surface area contributed by atoms with Gasteiger partial charge in [0.1, 0.15) is 0 Å². The Balaban J connectivity index is 0.00000256. The number of hydrogen-bond donors (Lipinski definition) is 0. The molecule has 0 bridgehead atoms. The Morgan fingerprint density at radius 1 is 1.35 bits per heavy atom. The molecule has 1 atom stereocenters. The van der Waals surface area contributed by atoms with E-state index in [1.54, 1.807) is 0 Å². The predicted molar refractivity (Wildman–Crippen MR) is 57.8 cm³/mol. The summed E-state index contributed by atoms with van der Waals surface area (Å²) in [5.41, 5.74) is 0. The summed E-state index contributed by atoms with van der Waals surface area (Å²) in [5, 5.41) is 0. The van der Waals surface area contributed by atoms with Crippen molar-refractivity contribution in [2.75, 3.05) is 13.0 Å². The van der Waals surface area contributed by atoms with Crippen molar-refractivity contribution < 1.29 is 69.1 Å². The van der Waals surface area contributed by atoms with E-state index in [4.69, 9.17) is 0 Å². The third kappa shape index (κ3) is 6.61. The second-order valence-electron chi connectivity index (χ2n) is 4.88. The molecule has 0 aromatic carbocycles. The maximum atomic E-state index is 12.3. The molecule has 1 unspecified atom stereocenters. The van der Waals surface area contributed by atoms with Crippen molar-refractivity contribution in [1.29, 1.82) is 0 Å². The topological polar surface area (TPSA) is 20.3 Å². The van der Waals surface area contributed by atoms with Crippen LogP contribution in [0.5, 0.6) is 0 Å². The van der Waals surface area contributed by atoms with E-state index in [-0.39, 0.29) is 70.3 Å². The largest absolute Gasteiger partial charge is 1.00 e. The van der Waals surface area contributed by atoms with Gasteiger partial charge in [-0.15, -0.1) is 0 Å². The molecule has 0 radical (unpaired) electrons. The van der Waals surface area contributed by atoms with E-state index < -0.39 is 13.4 Å². The van der Waals surface area contributed by atoms with Crippen LogP contribution in [-0.2, 0) is 4.79 Å². The summed E-state index contributed by atoms with van der Waals surface area (Å²) in [6.07, 6.45) is 0.631. The molecule has 0 aromatic rings. The van der Waals surface area contributed by atoms with Gasteiger partial charge in [0.05, 0.1) is 0 Å². The molecule has 1 heterocycles. The van der Waals surface area contributed by atoms with E-state index in [1.807, 2.05) is 0 Å². The van der Waals surface area contributed by atoms with Crippen molar-refractivity contribution >= 4 is 12.9 Å². The Labute approximate surface area is 143 Å². The molecular formula is C10H18BF3KNO. The van der Waals surface area contributed by atoms with Crippen LogP contribution in [0, 0.1) is 11.8 Å². The maximum absolute atomic E-state index is 12.3. The van der Waals surface area contributed by atoms with Gasteiger partial charge in [0, 0.05) is 13.0 Å². The summed E-state index contributed by atoms with van der Waals surface area (Å²) in [5.74, 6) is 0.459. The van der Waals surface area contributed by atoms with Crippen molar-refractivity contribution in [3.63, 3.8) is 0 Å². The van der Waals surface area contributed by atoms with Gasteiger partial charge in [0.25, 0.3) is 0 Å². The van der Waals surface area contributed by atoms with Gasteiger partial charge in [-0.3, -0.25) is 4.79 Å². The minimum atomic E-state index is -4.90. The Morgan fingerprint density at radius 2 is 1.94 bits per heavy atom. The normalized spacial score (nSPS) is 22.4. The predicted octanol–water partition coefficient (Wildman–Crippen LogP) is -0.338. The first-order chi connectivity index (χ1) is 7.29. The summed E-state index contributed by atoms with van der Waals surface area (Å²) in [7, 11) is 0. The van der Waals surface area contributed by atoms with E-state index >= 15 is 0 Å². The average molecular weight is 275 g/mol. The SMILES string of the molecule is CC(C)C1CCC(=O)N(C[B-](F)(F)F)CC1.[K+]. The Morgan fingerprint density at radius 3 is 2.41 bits per heavy atom. The Bertz CT molecular complexity index is 260. The maximum Gasteiger partial charge on any atom is 1.00 e. The van der Waals surface area contributed by atoms with Crippen molar-refractivity contribution in [3.05, 3.63) is 0 Å².